The van der Waals surface area contributed by atoms with Crippen LogP contribution in [0.1, 0.15) is 116 Å². The summed E-state index contributed by atoms with van der Waals surface area (Å²) in [6.45, 7) is 2.92. The summed E-state index contributed by atoms with van der Waals surface area (Å²) in [5.74, 6) is -3.65. The minimum atomic E-state index is -3.61. The highest BCUT2D eigenvalue weighted by atomic mass is 28.4. The summed E-state index contributed by atoms with van der Waals surface area (Å²) in [5, 5.41) is 60.4. The van der Waals surface area contributed by atoms with Crippen LogP contribution in [-0.4, -0.2) is 192 Å². The summed E-state index contributed by atoms with van der Waals surface area (Å²) < 4.78 is 20.0. The van der Waals surface area contributed by atoms with Crippen LogP contribution in [0.15, 0.2) is 0 Å². The van der Waals surface area contributed by atoms with Gasteiger partial charge in [-0.1, -0.05) is 96.8 Å². The molecule has 0 aromatic heterocycles. The first-order valence-electron chi connectivity index (χ1n) is 22.2. The molecule has 0 atom stereocenters. The maximum Gasteiger partial charge on any atom is 0.501 e. The second kappa shape index (κ2) is 37.0. The Kier molecular flexibility index (Phi) is 35.9. The van der Waals surface area contributed by atoms with E-state index >= 15 is 0 Å². The fourth-order valence-electron chi connectivity index (χ4n) is 7.05. The van der Waals surface area contributed by atoms with E-state index in [9.17, 15) is 45.0 Å². The van der Waals surface area contributed by atoms with Gasteiger partial charge < -0.3 is 58.0 Å². The minimum absolute atomic E-state index is 0.00578. The Hall–Kier alpha value is -1.77. The molecule has 0 radical (unpaired) electrons. The minimum Gasteiger partial charge on any atom is -0.549 e. The van der Waals surface area contributed by atoms with E-state index in [0.29, 0.717) is 12.5 Å². The Labute approximate surface area is 351 Å². The molecule has 0 spiro atoms. The smallest absolute Gasteiger partial charge is 0.501 e. The number of carboxylic acids is 3. The molecule has 16 nitrogen and oxygen atoms in total. The SMILES string of the molecule is CCCCCCCCCCCCCCCCCC[N+](C)(C)CCC[Si](OCCN(CCO)CC(=O)[O-])(OCCN(CCO)CC(=O)[O-])OCCN(CCO)CC(=O)O. The van der Waals surface area contributed by atoms with Crippen LogP contribution in [0.2, 0.25) is 6.04 Å². The van der Waals surface area contributed by atoms with Crippen molar-refractivity contribution in [3.8, 4) is 0 Å². The fourth-order valence-corrected chi connectivity index (χ4v) is 9.53. The molecular weight excluding hydrogens is 769 g/mol. The number of carboxylic acid groups (broad SMARTS) is 3. The summed E-state index contributed by atoms with van der Waals surface area (Å²) >= 11 is 0. The predicted molar refractivity (Wildman–Crippen MR) is 223 cm³/mol. The monoisotopic (exact) mass is 852 g/mol. The number of hydrogen-bond acceptors (Lipinski definition) is 14. The van der Waals surface area contributed by atoms with E-state index in [-0.39, 0.29) is 85.5 Å². The lowest BCUT2D eigenvalue weighted by Crippen LogP contribution is -2.52. The van der Waals surface area contributed by atoms with Crippen LogP contribution in [0.4, 0.5) is 0 Å². The van der Waals surface area contributed by atoms with Crippen LogP contribution < -0.4 is 10.2 Å². The third-order valence-corrected chi connectivity index (χ3v) is 13.3. The summed E-state index contributed by atoms with van der Waals surface area (Å²) in [7, 11) is 0.767. The molecule has 0 aliphatic heterocycles. The number of rotatable bonds is 45. The maximum atomic E-state index is 11.4. The van der Waals surface area contributed by atoms with E-state index in [1.165, 1.54) is 111 Å². The molecule has 0 bridgehead atoms. The Bertz CT molecular complexity index is 937. The Morgan fingerprint density at radius 1 is 0.517 bits per heavy atom. The molecule has 17 heteroatoms. The van der Waals surface area contributed by atoms with Gasteiger partial charge in [0.25, 0.3) is 0 Å². The molecule has 4 N–H and O–H groups in total. The van der Waals surface area contributed by atoms with Crippen LogP contribution in [0.3, 0.4) is 0 Å². The third kappa shape index (κ3) is 34.0. The predicted octanol–water partition coefficient (Wildman–Crippen LogP) is 1.17. The summed E-state index contributed by atoms with van der Waals surface area (Å²) in [4.78, 5) is 38.6. The molecule has 0 aliphatic rings. The topological polar surface area (TPSA) is 216 Å². The van der Waals surface area contributed by atoms with Crippen molar-refractivity contribution in [1.29, 1.82) is 0 Å². The van der Waals surface area contributed by atoms with Gasteiger partial charge in [-0.3, -0.25) is 19.5 Å². The van der Waals surface area contributed by atoms with Crippen LogP contribution in [0, 0.1) is 0 Å². The molecule has 344 valence electrons. The van der Waals surface area contributed by atoms with Gasteiger partial charge in [0.1, 0.15) is 0 Å². The number of nitrogens with zero attached hydrogens (tertiary/aromatic N) is 4. The number of hydrogen-bond donors (Lipinski definition) is 4. The first-order valence-corrected chi connectivity index (χ1v) is 24.1. The van der Waals surface area contributed by atoms with Crippen LogP contribution in [0.5, 0.6) is 0 Å². The Balaban J connectivity index is 5.39. The molecule has 0 saturated carbocycles. The standard InChI is InChI=1S/C41H84N4O12Si/c1-4-5-6-7-8-9-10-11-12-13-14-15-16-17-18-19-27-45(2,3)28-20-35-58(55-32-24-42(21-29-46)36-39(49)50,56-33-25-43(22-30-47)37-40(51)52)57-34-26-44(23-31-48)38-41(53)54/h46-48H,4-38H2,1-3H3,(H2-,49,50,51,52,53,54)/p-1. The van der Waals surface area contributed by atoms with Crippen molar-refractivity contribution < 1.29 is 62.8 Å². The van der Waals surface area contributed by atoms with Crippen molar-refractivity contribution in [3.63, 3.8) is 0 Å². The van der Waals surface area contributed by atoms with Gasteiger partial charge in [0.15, 0.2) is 0 Å². The second-order valence-electron chi connectivity index (χ2n) is 16.2. The molecule has 0 aliphatic carbocycles. The van der Waals surface area contributed by atoms with Crippen molar-refractivity contribution in [1.82, 2.24) is 14.7 Å². The van der Waals surface area contributed by atoms with Gasteiger partial charge in [-0.15, -0.1) is 0 Å². The molecule has 58 heavy (non-hydrogen) atoms. The van der Waals surface area contributed by atoms with E-state index in [1.54, 1.807) is 0 Å². The second-order valence-corrected chi connectivity index (χ2v) is 18.9. The molecule has 0 aromatic carbocycles. The van der Waals surface area contributed by atoms with E-state index in [0.717, 1.165) is 24.0 Å². The average Bonchev–Trinajstić information content (AvgIpc) is 3.14. The molecule has 0 fully saturated rings. The normalized spacial score (nSPS) is 12.4. The first-order chi connectivity index (χ1) is 27.8. The molecular formula is C41H83N4O12Si-. The average molecular weight is 852 g/mol. The number of aliphatic hydroxyl groups excluding tert-OH is 3. The fraction of sp³-hybridized carbons (Fsp3) is 0.927. The van der Waals surface area contributed by atoms with Crippen LogP contribution in [0.25, 0.3) is 0 Å². The largest absolute Gasteiger partial charge is 0.549 e. The quantitative estimate of drug-likeness (QED) is 0.0385. The highest BCUT2D eigenvalue weighted by Gasteiger charge is 2.42. The van der Waals surface area contributed by atoms with E-state index in [2.05, 4.69) is 21.0 Å². The maximum absolute atomic E-state index is 11.4. The Morgan fingerprint density at radius 2 is 0.845 bits per heavy atom. The van der Waals surface area contributed by atoms with Crippen molar-refractivity contribution in [2.45, 2.75) is 122 Å². The number of aliphatic carboxylic acids is 3. The lowest BCUT2D eigenvalue weighted by Gasteiger charge is -2.34. The van der Waals surface area contributed by atoms with Crippen molar-refractivity contribution in [3.05, 3.63) is 0 Å². The lowest BCUT2D eigenvalue weighted by atomic mass is 10.0. The zero-order valence-corrected chi connectivity index (χ0v) is 37.6. The van der Waals surface area contributed by atoms with Gasteiger partial charge in [-0.05, 0) is 12.8 Å². The zero-order chi connectivity index (χ0) is 43.3. The van der Waals surface area contributed by atoms with Crippen molar-refractivity contribution >= 4 is 26.7 Å². The van der Waals surface area contributed by atoms with Gasteiger partial charge in [0, 0.05) is 64.8 Å². The highest BCUT2D eigenvalue weighted by Crippen LogP contribution is 2.21. The number of aliphatic hydroxyl groups is 3. The summed E-state index contributed by atoms with van der Waals surface area (Å²) in [6.07, 6.45) is 21.7. The van der Waals surface area contributed by atoms with Gasteiger partial charge in [-0.2, -0.15) is 0 Å². The van der Waals surface area contributed by atoms with Crippen LogP contribution >= 0.6 is 0 Å². The number of unbranched alkanes of at least 4 members (excludes halogenated alkanes) is 15. The molecule has 0 unspecified atom stereocenters. The van der Waals surface area contributed by atoms with E-state index in [1.807, 2.05) is 0 Å². The first kappa shape index (κ1) is 56.2. The highest BCUT2D eigenvalue weighted by molar-refractivity contribution is 6.60. The number of carbonyl (C=O) groups excluding carboxylic acids is 2. The van der Waals surface area contributed by atoms with Crippen molar-refractivity contribution in [2.75, 3.05) is 126 Å². The van der Waals surface area contributed by atoms with Crippen LogP contribution in [-0.2, 0) is 27.7 Å². The summed E-state index contributed by atoms with van der Waals surface area (Å²) in [6, 6.07) is 0.382. The molecule has 0 heterocycles. The molecule has 0 amide bonds. The molecule has 0 saturated heterocycles. The van der Waals surface area contributed by atoms with Crippen molar-refractivity contribution in [2.24, 2.45) is 0 Å². The van der Waals surface area contributed by atoms with Gasteiger partial charge in [0.05, 0.1) is 85.3 Å². The number of carbonyl (C=O) groups is 3. The lowest BCUT2D eigenvalue weighted by molar-refractivity contribution is -0.890. The summed E-state index contributed by atoms with van der Waals surface area (Å²) in [5.41, 5.74) is 0. The van der Waals surface area contributed by atoms with Gasteiger partial charge in [-0.25, -0.2) is 0 Å². The van der Waals surface area contributed by atoms with Gasteiger partial charge >= 0.3 is 14.8 Å². The van der Waals surface area contributed by atoms with E-state index in [4.69, 9.17) is 13.3 Å². The van der Waals surface area contributed by atoms with Gasteiger partial charge in [0.2, 0.25) is 0 Å². The third-order valence-electron chi connectivity index (χ3n) is 10.4. The molecule has 0 aromatic rings. The van der Waals surface area contributed by atoms with E-state index < -0.39 is 39.8 Å². The Morgan fingerprint density at radius 3 is 1.17 bits per heavy atom. The number of quaternary nitrogens is 1. The molecule has 0 rings (SSSR count). The zero-order valence-electron chi connectivity index (χ0n) is 36.6.